The first kappa shape index (κ1) is 23.4. The molecule has 1 fully saturated rings. The fourth-order valence-electron chi connectivity index (χ4n) is 5.96. The number of carbonyl (C=O) groups is 3. The number of aromatic nitrogens is 1. The van der Waals surface area contributed by atoms with Crippen molar-refractivity contribution in [2.24, 2.45) is 0 Å². The van der Waals surface area contributed by atoms with Gasteiger partial charge in [-0.15, -0.1) is 0 Å². The van der Waals surface area contributed by atoms with Crippen molar-refractivity contribution >= 4 is 29.2 Å². The Bertz CT molecular complexity index is 1410. The summed E-state index contributed by atoms with van der Waals surface area (Å²) in [6.45, 7) is 2.50. The lowest BCUT2D eigenvalue weighted by atomic mass is 9.79. The van der Waals surface area contributed by atoms with Crippen LogP contribution in [0.1, 0.15) is 35.2 Å². The number of anilines is 2. The van der Waals surface area contributed by atoms with E-state index in [1.165, 1.54) is 0 Å². The first-order valence-electron chi connectivity index (χ1n) is 12.6. The Balaban J connectivity index is 1.20. The van der Waals surface area contributed by atoms with E-state index in [2.05, 4.69) is 15.6 Å². The van der Waals surface area contributed by atoms with Gasteiger partial charge in [-0.1, -0.05) is 42.5 Å². The average molecular weight is 496 g/mol. The monoisotopic (exact) mass is 495 g/mol. The standard InChI is InChI=1S/C29H29N5O3/c1-18-27(36)34(24(16-33(18)2)19-7-4-3-5-8-19)17-25(35)31-22-11-10-20-14-29(15-21(20)13-22)23-9-6-12-30-26(23)32-28(29)37/h3-13,18,24H,14-17H2,1-2H3,(H,31,35)(H,30,32,37)/t18-,24-,29+/m0/s1. The van der Waals surface area contributed by atoms with Crippen molar-refractivity contribution in [1.29, 1.82) is 0 Å². The van der Waals surface area contributed by atoms with E-state index in [1.807, 2.05) is 79.5 Å². The predicted octanol–water partition coefficient (Wildman–Crippen LogP) is 2.91. The summed E-state index contributed by atoms with van der Waals surface area (Å²) in [7, 11) is 1.94. The summed E-state index contributed by atoms with van der Waals surface area (Å²) in [4.78, 5) is 47.4. The van der Waals surface area contributed by atoms with Crippen LogP contribution < -0.4 is 10.6 Å². The molecule has 0 radical (unpaired) electrons. The summed E-state index contributed by atoms with van der Waals surface area (Å²) < 4.78 is 0. The zero-order chi connectivity index (χ0) is 25.7. The van der Waals surface area contributed by atoms with Crippen molar-refractivity contribution in [2.75, 3.05) is 30.8 Å². The molecule has 2 N–H and O–H groups in total. The summed E-state index contributed by atoms with van der Waals surface area (Å²) in [6, 6.07) is 19.0. The number of benzene rings is 2. The minimum absolute atomic E-state index is 0.0287. The summed E-state index contributed by atoms with van der Waals surface area (Å²) in [5.41, 5.74) is 4.08. The van der Waals surface area contributed by atoms with Crippen LogP contribution in [-0.2, 0) is 32.6 Å². The number of likely N-dealkylation sites (N-methyl/N-ethyl adjacent to an activating group) is 1. The number of amides is 3. The van der Waals surface area contributed by atoms with Crippen molar-refractivity contribution < 1.29 is 14.4 Å². The van der Waals surface area contributed by atoms with Gasteiger partial charge in [0.05, 0.1) is 17.5 Å². The Hall–Kier alpha value is -4.04. The van der Waals surface area contributed by atoms with Crippen LogP contribution in [0, 0.1) is 0 Å². The maximum Gasteiger partial charge on any atom is 0.244 e. The van der Waals surface area contributed by atoms with E-state index in [0.29, 0.717) is 30.9 Å². The van der Waals surface area contributed by atoms with Gasteiger partial charge in [0.15, 0.2) is 0 Å². The number of piperazine rings is 1. The molecular weight excluding hydrogens is 466 g/mol. The number of nitrogens with one attached hydrogen (secondary N) is 2. The van der Waals surface area contributed by atoms with E-state index in [4.69, 9.17) is 0 Å². The molecule has 1 aromatic heterocycles. The fourth-order valence-corrected chi connectivity index (χ4v) is 5.96. The van der Waals surface area contributed by atoms with Gasteiger partial charge >= 0.3 is 0 Å². The molecule has 3 amide bonds. The highest BCUT2D eigenvalue weighted by atomic mass is 16.2. The third-order valence-corrected chi connectivity index (χ3v) is 8.10. The second-order valence-corrected chi connectivity index (χ2v) is 10.3. The van der Waals surface area contributed by atoms with E-state index >= 15 is 0 Å². The lowest BCUT2D eigenvalue weighted by molar-refractivity contribution is -0.147. The van der Waals surface area contributed by atoms with Crippen LogP contribution in [0.25, 0.3) is 0 Å². The molecule has 1 aliphatic carbocycles. The molecule has 3 aliphatic rings. The van der Waals surface area contributed by atoms with Gasteiger partial charge < -0.3 is 15.5 Å². The number of pyridine rings is 1. The lowest BCUT2D eigenvalue weighted by Gasteiger charge is -2.43. The number of fused-ring (bicyclic) bond motifs is 3. The Kier molecular flexibility index (Phi) is 5.56. The normalized spacial score (nSPS) is 24.6. The highest BCUT2D eigenvalue weighted by molar-refractivity contribution is 6.06. The second-order valence-electron chi connectivity index (χ2n) is 10.3. The first-order valence-corrected chi connectivity index (χ1v) is 12.6. The van der Waals surface area contributed by atoms with E-state index in [9.17, 15) is 14.4 Å². The summed E-state index contributed by atoms with van der Waals surface area (Å²) in [5.74, 6) is 0.297. The van der Waals surface area contributed by atoms with Gasteiger partial charge in [0, 0.05) is 24.0 Å². The van der Waals surface area contributed by atoms with Gasteiger partial charge in [-0.2, -0.15) is 0 Å². The number of hydrogen-bond donors (Lipinski definition) is 2. The minimum Gasteiger partial charge on any atom is -0.325 e. The summed E-state index contributed by atoms with van der Waals surface area (Å²) >= 11 is 0. The molecular formula is C29H29N5O3. The van der Waals surface area contributed by atoms with E-state index in [1.54, 1.807) is 11.1 Å². The van der Waals surface area contributed by atoms with Crippen molar-refractivity contribution in [1.82, 2.24) is 14.8 Å². The lowest BCUT2D eigenvalue weighted by Crippen LogP contribution is -2.57. The van der Waals surface area contributed by atoms with Gasteiger partial charge in [0.25, 0.3) is 0 Å². The summed E-state index contributed by atoms with van der Waals surface area (Å²) in [6.07, 6.45) is 2.84. The van der Waals surface area contributed by atoms with Gasteiger partial charge in [-0.05, 0) is 61.7 Å². The Morgan fingerprint density at radius 3 is 2.68 bits per heavy atom. The molecule has 1 saturated heterocycles. The van der Waals surface area contributed by atoms with Crippen molar-refractivity contribution in [3.8, 4) is 0 Å². The van der Waals surface area contributed by atoms with Crippen LogP contribution in [-0.4, -0.2) is 58.7 Å². The molecule has 3 aromatic rings. The number of rotatable bonds is 4. The van der Waals surface area contributed by atoms with Gasteiger partial charge in [0.1, 0.15) is 12.4 Å². The topological polar surface area (TPSA) is 94.6 Å². The van der Waals surface area contributed by atoms with Gasteiger partial charge in [-0.3, -0.25) is 19.3 Å². The smallest absolute Gasteiger partial charge is 0.244 e. The summed E-state index contributed by atoms with van der Waals surface area (Å²) in [5, 5.41) is 5.91. The molecule has 3 heterocycles. The van der Waals surface area contributed by atoms with Crippen LogP contribution in [0.5, 0.6) is 0 Å². The highest BCUT2D eigenvalue weighted by Crippen LogP contribution is 2.47. The molecule has 1 spiro atoms. The van der Waals surface area contributed by atoms with E-state index < -0.39 is 5.41 Å². The molecule has 8 heteroatoms. The number of hydrogen-bond acceptors (Lipinski definition) is 5. The Morgan fingerprint density at radius 2 is 1.86 bits per heavy atom. The molecule has 2 aromatic carbocycles. The van der Waals surface area contributed by atoms with E-state index in [0.717, 1.165) is 22.3 Å². The quantitative estimate of drug-likeness (QED) is 0.581. The van der Waals surface area contributed by atoms with Crippen molar-refractivity contribution in [3.05, 3.63) is 89.1 Å². The zero-order valence-electron chi connectivity index (χ0n) is 20.9. The second kappa shape index (κ2) is 8.81. The van der Waals surface area contributed by atoms with Crippen LogP contribution in [0.15, 0.2) is 66.9 Å². The molecule has 188 valence electrons. The molecule has 37 heavy (non-hydrogen) atoms. The first-order chi connectivity index (χ1) is 17.9. The minimum atomic E-state index is -0.653. The molecule has 8 nitrogen and oxygen atoms in total. The maximum atomic E-state index is 13.2. The van der Waals surface area contributed by atoms with Crippen LogP contribution in [0.3, 0.4) is 0 Å². The number of nitrogens with zero attached hydrogens (tertiary/aromatic N) is 3. The van der Waals surface area contributed by atoms with Crippen LogP contribution in [0.4, 0.5) is 11.5 Å². The zero-order valence-corrected chi connectivity index (χ0v) is 20.9. The largest absolute Gasteiger partial charge is 0.325 e. The maximum absolute atomic E-state index is 13.2. The molecule has 0 saturated carbocycles. The van der Waals surface area contributed by atoms with Crippen LogP contribution >= 0.6 is 0 Å². The molecule has 3 atom stereocenters. The van der Waals surface area contributed by atoms with Crippen molar-refractivity contribution in [3.63, 3.8) is 0 Å². The predicted molar refractivity (Wildman–Crippen MR) is 140 cm³/mol. The highest BCUT2D eigenvalue weighted by Gasteiger charge is 2.51. The van der Waals surface area contributed by atoms with E-state index in [-0.39, 0.29) is 36.3 Å². The molecule has 0 bridgehead atoms. The van der Waals surface area contributed by atoms with Crippen molar-refractivity contribution in [2.45, 2.75) is 37.3 Å². The van der Waals surface area contributed by atoms with Gasteiger partial charge in [0.2, 0.25) is 17.7 Å². The average Bonchev–Trinajstić information content (AvgIpc) is 3.41. The molecule has 2 aliphatic heterocycles. The SMILES string of the molecule is C[C@H]1C(=O)N(CC(=O)Nc2ccc3c(c2)C[C@@]2(C3)C(=O)Nc3ncccc32)[C@H](c2ccccc2)CN1C. The Morgan fingerprint density at radius 1 is 1.08 bits per heavy atom. The van der Waals surface area contributed by atoms with Gasteiger partial charge in [-0.25, -0.2) is 4.98 Å². The Labute approximate surface area is 215 Å². The number of carbonyl (C=O) groups excluding carboxylic acids is 3. The third kappa shape index (κ3) is 3.88. The third-order valence-electron chi connectivity index (χ3n) is 8.10. The molecule has 0 unspecified atom stereocenters. The molecule has 6 rings (SSSR count). The van der Waals surface area contributed by atoms with Crippen LogP contribution in [0.2, 0.25) is 0 Å². The fraction of sp³-hybridized carbons (Fsp3) is 0.310.